The van der Waals surface area contributed by atoms with Crippen molar-refractivity contribution >= 4 is 22.5 Å². The number of carbonyl (C=O) groups excluding carboxylic acids is 1. The number of esters is 1. The molecule has 4 atom stereocenters. The van der Waals surface area contributed by atoms with Crippen LogP contribution in [0.25, 0.3) is 16.3 Å². The Morgan fingerprint density at radius 3 is 2.43 bits per heavy atom. The first-order chi connectivity index (χ1) is 16.8. The second kappa shape index (κ2) is 10.7. The quantitative estimate of drug-likeness (QED) is 0.109. The van der Waals surface area contributed by atoms with Gasteiger partial charge in [-0.3, -0.25) is 0 Å². The van der Waals surface area contributed by atoms with Gasteiger partial charge in [-0.1, -0.05) is 109 Å². The fourth-order valence-electron chi connectivity index (χ4n) is 7.11. The molecule has 0 spiro atoms. The molecule has 2 saturated carbocycles. The lowest BCUT2D eigenvalue weighted by molar-refractivity contribution is -0.150. The van der Waals surface area contributed by atoms with Gasteiger partial charge < -0.3 is 10.3 Å². The van der Waals surface area contributed by atoms with Crippen LogP contribution in [-0.4, -0.2) is 22.6 Å². The number of fused-ring (bicyclic) bond motifs is 3. The SMILES string of the molecule is CCCCCCCCCC(=[N+]=[N-])C(=O)O[C@@H]1[C@H]2CC[C@@](C)([C@@H]1c1cccc3ccccc13)C2(C)C. The van der Waals surface area contributed by atoms with Gasteiger partial charge in [-0.2, -0.15) is 4.79 Å². The summed E-state index contributed by atoms with van der Waals surface area (Å²) in [6.07, 6.45) is 10.5. The molecule has 2 fully saturated rings. The minimum absolute atomic E-state index is 0.0295. The van der Waals surface area contributed by atoms with E-state index in [0.717, 1.165) is 32.1 Å². The molecule has 2 bridgehead atoms. The first-order valence-electron chi connectivity index (χ1n) is 13.7. The van der Waals surface area contributed by atoms with Crippen molar-refractivity contribution < 1.29 is 14.3 Å². The molecule has 0 heterocycles. The Hall–Kier alpha value is -2.45. The summed E-state index contributed by atoms with van der Waals surface area (Å²) in [5.74, 6) is -0.0376. The van der Waals surface area contributed by atoms with Crippen LogP contribution in [0.1, 0.15) is 103 Å². The van der Waals surface area contributed by atoms with Crippen LogP contribution in [0.4, 0.5) is 0 Å². The molecule has 0 N–H and O–H groups in total. The molecule has 0 saturated heterocycles. The van der Waals surface area contributed by atoms with Gasteiger partial charge in [0, 0.05) is 11.8 Å². The van der Waals surface area contributed by atoms with Gasteiger partial charge in [0.2, 0.25) is 0 Å². The number of hydrogen-bond acceptors (Lipinski definition) is 2. The molecule has 0 aromatic heterocycles. The highest BCUT2D eigenvalue weighted by Crippen LogP contribution is 2.71. The largest absolute Gasteiger partial charge is 0.453 e. The lowest BCUT2D eigenvalue weighted by Crippen LogP contribution is -2.36. The topological polar surface area (TPSA) is 62.7 Å². The minimum Gasteiger partial charge on any atom is -0.453 e. The average Bonchev–Trinajstić information content (AvgIpc) is 3.17. The van der Waals surface area contributed by atoms with Crippen molar-refractivity contribution in [2.75, 3.05) is 0 Å². The number of ether oxygens (including phenoxy) is 1. The molecule has 35 heavy (non-hydrogen) atoms. The van der Waals surface area contributed by atoms with E-state index in [2.05, 4.69) is 74.9 Å². The Morgan fingerprint density at radius 1 is 1.00 bits per heavy atom. The Kier molecular flexibility index (Phi) is 7.81. The van der Waals surface area contributed by atoms with Gasteiger partial charge in [0.15, 0.2) is 0 Å². The zero-order valence-corrected chi connectivity index (χ0v) is 22.1. The average molecular weight is 475 g/mol. The Morgan fingerprint density at radius 2 is 1.69 bits per heavy atom. The van der Waals surface area contributed by atoms with Crippen LogP contribution in [0.5, 0.6) is 0 Å². The molecule has 2 aromatic rings. The smallest absolute Gasteiger partial charge is 0.417 e. The van der Waals surface area contributed by atoms with E-state index in [4.69, 9.17) is 4.74 Å². The molecule has 2 aromatic carbocycles. The standard InChI is InChI=1S/C31H42N2O2/c1-5-6-7-8-9-10-11-19-26(33-32)29(34)35-28-25-20-21-31(4,30(25,2)3)27(28)24-18-14-16-22-15-12-13-17-23(22)24/h12-18,25,27-28H,5-11,19-21H2,1-4H3/t25-,27-,28-,31+/m1/s1. The molecular weight excluding hydrogens is 432 g/mol. The summed E-state index contributed by atoms with van der Waals surface area (Å²) in [5, 5.41) is 2.46. The van der Waals surface area contributed by atoms with Crippen molar-refractivity contribution in [2.45, 2.75) is 104 Å². The van der Waals surface area contributed by atoms with Crippen LogP contribution in [0, 0.1) is 16.7 Å². The van der Waals surface area contributed by atoms with Crippen LogP contribution in [0.2, 0.25) is 0 Å². The van der Waals surface area contributed by atoms with E-state index in [1.165, 1.54) is 42.0 Å². The first kappa shape index (κ1) is 25.6. The van der Waals surface area contributed by atoms with E-state index < -0.39 is 5.97 Å². The predicted molar refractivity (Wildman–Crippen MR) is 142 cm³/mol. The van der Waals surface area contributed by atoms with Crippen molar-refractivity contribution in [1.82, 2.24) is 0 Å². The van der Waals surface area contributed by atoms with Crippen molar-refractivity contribution in [2.24, 2.45) is 16.7 Å². The van der Waals surface area contributed by atoms with E-state index >= 15 is 0 Å². The van der Waals surface area contributed by atoms with Gasteiger partial charge in [-0.25, -0.2) is 4.79 Å². The van der Waals surface area contributed by atoms with Gasteiger partial charge in [0.25, 0.3) is 0 Å². The third kappa shape index (κ3) is 4.70. The number of nitrogens with zero attached hydrogens (tertiary/aromatic N) is 2. The van der Waals surface area contributed by atoms with E-state index in [1.54, 1.807) is 0 Å². The van der Waals surface area contributed by atoms with E-state index in [1.807, 2.05) is 0 Å². The van der Waals surface area contributed by atoms with E-state index in [0.29, 0.717) is 12.3 Å². The van der Waals surface area contributed by atoms with Gasteiger partial charge >= 0.3 is 11.7 Å². The third-order valence-corrected chi connectivity index (χ3v) is 9.56. The Balaban J connectivity index is 1.53. The van der Waals surface area contributed by atoms with Crippen molar-refractivity contribution in [3.8, 4) is 0 Å². The summed E-state index contributed by atoms with van der Waals surface area (Å²) in [6, 6.07) is 15.0. The maximum Gasteiger partial charge on any atom is 0.417 e. The fraction of sp³-hybridized carbons (Fsp3) is 0.613. The molecule has 188 valence electrons. The molecule has 0 unspecified atom stereocenters. The number of rotatable bonds is 11. The van der Waals surface area contributed by atoms with Crippen LogP contribution in [0.3, 0.4) is 0 Å². The lowest BCUT2D eigenvalue weighted by atomic mass is 9.64. The molecule has 2 aliphatic rings. The molecule has 4 nitrogen and oxygen atoms in total. The monoisotopic (exact) mass is 474 g/mol. The van der Waals surface area contributed by atoms with Gasteiger partial charge in [0.05, 0.1) is 6.42 Å². The first-order valence-corrected chi connectivity index (χ1v) is 13.7. The van der Waals surface area contributed by atoms with Gasteiger partial charge in [-0.15, -0.1) is 0 Å². The van der Waals surface area contributed by atoms with Gasteiger partial charge in [0.1, 0.15) is 6.10 Å². The van der Waals surface area contributed by atoms with E-state index in [-0.39, 0.29) is 28.6 Å². The zero-order valence-electron chi connectivity index (χ0n) is 22.1. The molecule has 2 aliphatic carbocycles. The normalized spacial score (nSPS) is 26.6. The second-order valence-electron chi connectivity index (χ2n) is 11.6. The highest BCUT2D eigenvalue weighted by Gasteiger charge is 2.68. The van der Waals surface area contributed by atoms with Gasteiger partial charge in [-0.05, 0) is 46.4 Å². The predicted octanol–water partition coefficient (Wildman–Crippen LogP) is 8.10. The third-order valence-electron chi connectivity index (χ3n) is 9.56. The minimum atomic E-state index is -0.444. The lowest BCUT2D eigenvalue weighted by Gasteiger charge is -2.40. The van der Waals surface area contributed by atoms with Crippen LogP contribution >= 0.6 is 0 Å². The summed E-state index contributed by atoms with van der Waals surface area (Å²) >= 11 is 0. The molecule has 0 radical (unpaired) electrons. The van der Waals surface area contributed by atoms with Crippen LogP contribution in [0.15, 0.2) is 42.5 Å². The summed E-state index contributed by atoms with van der Waals surface area (Å²) in [5.41, 5.74) is 11.2. The maximum absolute atomic E-state index is 13.3. The summed E-state index contributed by atoms with van der Waals surface area (Å²) in [4.78, 5) is 16.6. The fourth-order valence-corrected chi connectivity index (χ4v) is 7.11. The van der Waals surface area contributed by atoms with Crippen molar-refractivity contribution in [3.63, 3.8) is 0 Å². The maximum atomic E-state index is 13.3. The van der Waals surface area contributed by atoms with Crippen molar-refractivity contribution in [1.29, 1.82) is 0 Å². The number of carbonyl (C=O) groups is 1. The Bertz CT molecular complexity index is 1090. The number of hydrogen-bond donors (Lipinski definition) is 0. The van der Waals surface area contributed by atoms with Crippen molar-refractivity contribution in [3.05, 3.63) is 53.6 Å². The summed E-state index contributed by atoms with van der Waals surface area (Å²) in [7, 11) is 0. The second-order valence-corrected chi connectivity index (χ2v) is 11.6. The number of benzene rings is 2. The Labute approximate surface area is 211 Å². The molecular formula is C31H42N2O2. The van der Waals surface area contributed by atoms with Crippen LogP contribution < -0.4 is 0 Å². The molecule has 4 heteroatoms. The molecule has 4 rings (SSSR count). The summed E-state index contributed by atoms with van der Waals surface area (Å²) < 4.78 is 6.30. The van der Waals surface area contributed by atoms with Crippen LogP contribution in [-0.2, 0) is 9.53 Å². The molecule has 0 aliphatic heterocycles. The zero-order chi connectivity index (χ0) is 25.1. The molecule has 0 amide bonds. The van der Waals surface area contributed by atoms with E-state index in [9.17, 15) is 10.3 Å². The highest BCUT2D eigenvalue weighted by molar-refractivity contribution is 6.33. The highest BCUT2D eigenvalue weighted by atomic mass is 16.5. The number of unbranched alkanes of at least 4 members (excludes halogenated alkanes) is 6. The summed E-state index contributed by atoms with van der Waals surface area (Å²) in [6.45, 7) is 9.29.